The van der Waals surface area contributed by atoms with Gasteiger partial charge in [0.05, 0.1) is 12.5 Å². The van der Waals surface area contributed by atoms with E-state index in [1.807, 2.05) is 18.2 Å². The predicted molar refractivity (Wildman–Crippen MR) is 71.2 cm³/mol. The highest BCUT2D eigenvalue weighted by atomic mass is 79.9. The zero-order valence-electron chi connectivity index (χ0n) is 10.0. The van der Waals surface area contributed by atoms with Crippen LogP contribution in [0.15, 0.2) is 22.7 Å². The van der Waals surface area contributed by atoms with Crippen LogP contribution in [0.1, 0.15) is 18.9 Å². The molecule has 0 aromatic heterocycles. The maximum atomic E-state index is 11.8. The maximum absolute atomic E-state index is 11.8. The molecule has 0 saturated carbocycles. The first-order chi connectivity index (χ1) is 8.60. The van der Waals surface area contributed by atoms with Crippen molar-refractivity contribution in [2.24, 2.45) is 5.92 Å². The molecule has 1 aliphatic heterocycles. The van der Waals surface area contributed by atoms with Gasteiger partial charge in [-0.3, -0.25) is 9.59 Å². The van der Waals surface area contributed by atoms with Gasteiger partial charge in [-0.05, 0) is 31.0 Å². The molecule has 18 heavy (non-hydrogen) atoms. The second-order valence-electron chi connectivity index (χ2n) is 4.21. The van der Waals surface area contributed by atoms with Crippen LogP contribution in [0.5, 0.6) is 0 Å². The molecule has 1 heterocycles. The molecule has 1 aromatic carbocycles. The first-order valence-corrected chi connectivity index (χ1v) is 6.64. The SMILES string of the molecule is CCOC(=O)[C@@H]1CC(=O)Nc2cc(Br)ccc2C1. The van der Waals surface area contributed by atoms with Crippen LogP contribution < -0.4 is 5.32 Å². The van der Waals surface area contributed by atoms with Gasteiger partial charge in [0.15, 0.2) is 0 Å². The Morgan fingerprint density at radius 1 is 1.50 bits per heavy atom. The minimum Gasteiger partial charge on any atom is -0.466 e. The van der Waals surface area contributed by atoms with Crippen LogP contribution in [0.3, 0.4) is 0 Å². The average Bonchev–Trinajstić information content (AvgIpc) is 2.47. The lowest BCUT2D eigenvalue weighted by Crippen LogP contribution is -2.23. The van der Waals surface area contributed by atoms with Crippen molar-refractivity contribution in [2.75, 3.05) is 11.9 Å². The first kappa shape index (κ1) is 13.1. The lowest BCUT2D eigenvalue weighted by Gasteiger charge is -2.11. The number of amides is 1. The summed E-state index contributed by atoms with van der Waals surface area (Å²) in [6, 6.07) is 5.66. The number of hydrogen-bond acceptors (Lipinski definition) is 3. The summed E-state index contributed by atoms with van der Waals surface area (Å²) in [6.07, 6.45) is 0.700. The van der Waals surface area contributed by atoms with E-state index in [1.54, 1.807) is 6.92 Å². The second kappa shape index (κ2) is 5.52. The Morgan fingerprint density at radius 3 is 3.00 bits per heavy atom. The summed E-state index contributed by atoms with van der Waals surface area (Å²) in [6.45, 7) is 2.10. The molecular formula is C13H14BrNO3. The molecule has 5 heteroatoms. The number of halogens is 1. The van der Waals surface area contributed by atoms with Crippen LogP contribution >= 0.6 is 15.9 Å². The number of ether oxygens (including phenoxy) is 1. The summed E-state index contributed by atoms with van der Waals surface area (Å²) in [7, 11) is 0. The number of hydrogen-bond donors (Lipinski definition) is 1. The molecule has 0 saturated heterocycles. The molecule has 1 aromatic rings. The summed E-state index contributed by atoms with van der Waals surface area (Å²) in [4.78, 5) is 23.5. The molecule has 1 atom stereocenters. The van der Waals surface area contributed by atoms with E-state index in [0.717, 1.165) is 15.7 Å². The van der Waals surface area contributed by atoms with E-state index in [4.69, 9.17) is 4.74 Å². The third-order valence-corrected chi connectivity index (χ3v) is 3.36. The molecule has 0 aliphatic carbocycles. The van der Waals surface area contributed by atoms with E-state index in [9.17, 15) is 9.59 Å². The van der Waals surface area contributed by atoms with E-state index in [2.05, 4.69) is 21.2 Å². The van der Waals surface area contributed by atoms with Crippen molar-refractivity contribution >= 4 is 33.5 Å². The van der Waals surface area contributed by atoms with E-state index >= 15 is 0 Å². The zero-order chi connectivity index (χ0) is 13.1. The van der Waals surface area contributed by atoms with Gasteiger partial charge >= 0.3 is 5.97 Å². The highest BCUT2D eigenvalue weighted by Crippen LogP contribution is 2.28. The van der Waals surface area contributed by atoms with E-state index in [0.29, 0.717) is 13.0 Å². The first-order valence-electron chi connectivity index (χ1n) is 5.85. The molecule has 1 amide bonds. The van der Waals surface area contributed by atoms with Crippen molar-refractivity contribution in [3.63, 3.8) is 0 Å². The maximum Gasteiger partial charge on any atom is 0.309 e. The number of anilines is 1. The van der Waals surface area contributed by atoms with Gasteiger partial charge in [0.25, 0.3) is 0 Å². The summed E-state index contributed by atoms with van der Waals surface area (Å²) in [5.41, 5.74) is 1.73. The van der Waals surface area contributed by atoms with Crippen LogP contribution in [0.4, 0.5) is 5.69 Å². The molecular weight excluding hydrogens is 298 g/mol. The van der Waals surface area contributed by atoms with Crippen molar-refractivity contribution in [1.29, 1.82) is 0 Å². The number of rotatable bonds is 2. The molecule has 0 fully saturated rings. The number of fused-ring (bicyclic) bond motifs is 1. The Labute approximate surface area is 114 Å². The fraction of sp³-hybridized carbons (Fsp3) is 0.385. The third-order valence-electron chi connectivity index (χ3n) is 2.86. The van der Waals surface area contributed by atoms with Gasteiger partial charge in [0, 0.05) is 16.6 Å². The Balaban J connectivity index is 2.27. The van der Waals surface area contributed by atoms with Crippen LogP contribution in [-0.2, 0) is 20.7 Å². The fourth-order valence-electron chi connectivity index (χ4n) is 2.03. The molecule has 0 radical (unpaired) electrons. The van der Waals surface area contributed by atoms with E-state index < -0.39 is 5.92 Å². The Kier molecular flexibility index (Phi) is 4.01. The van der Waals surface area contributed by atoms with Crippen molar-refractivity contribution in [3.05, 3.63) is 28.2 Å². The minimum atomic E-state index is -0.396. The normalized spacial score (nSPS) is 18.6. The number of carbonyl (C=O) groups is 2. The van der Waals surface area contributed by atoms with Crippen LogP contribution in [-0.4, -0.2) is 18.5 Å². The largest absolute Gasteiger partial charge is 0.466 e. The molecule has 0 unspecified atom stereocenters. The molecule has 96 valence electrons. The lowest BCUT2D eigenvalue weighted by atomic mass is 9.97. The van der Waals surface area contributed by atoms with Crippen LogP contribution in [0.25, 0.3) is 0 Å². The summed E-state index contributed by atoms with van der Waals surface area (Å²) < 4.78 is 5.89. The average molecular weight is 312 g/mol. The van der Waals surface area contributed by atoms with Crippen LogP contribution in [0, 0.1) is 5.92 Å². The van der Waals surface area contributed by atoms with Gasteiger partial charge in [-0.2, -0.15) is 0 Å². The highest BCUT2D eigenvalue weighted by molar-refractivity contribution is 9.10. The van der Waals surface area contributed by atoms with Crippen molar-refractivity contribution < 1.29 is 14.3 Å². The third kappa shape index (κ3) is 2.90. The summed E-state index contributed by atoms with van der Waals surface area (Å²) >= 11 is 3.36. The Morgan fingerprint density at radius 2 is 2.28 bits per heavy atom. The number of esters is 1. The van der Waals surface area contributed by atoms with E-state index in [-0.39, 0.29) is 18.3 Å². The van der Waals surface area contributed by atoms with E-state index in [1.165, 1.54) is 0 Å². The highest BCUT2D eigenvalue weighted by Gasteiger charge is 2.27. The molecule has 0 spiro atoms. The molecule has 0 bridgehead atoms. The molecule has 1 aliphatic rings. The Hall–Kier alpha value is -1.36. The fourth-order valence-corrected chi connectivity index (χ4v) is 2.39. The monoisotopic (exact) mass is 311 g/mol. The second-order valence-corrected chi connectivity index (χ2v) is 5.12. The number of carbonyl (C=O) groups excluding carboxylic acids is 2. The lowest BCUT2D eigenvalue weighted by molar-refractivity contribution is -0.149. The molecule has 2 rings (SSSR count). The quantitative estimate of drug-likeness (QED) is 0.854. The topological polar surface area (TPSA) is 55.4 Å². The summed E-state index contributed by atoms with van der Waals surface area (Å²) in [5, 5.41) is 2.81. The molecule has 1 N–H and O–H groups in total. The standard InChI is InChI=1S/C13H14BrNO3/c1-2-18-13(17)9-5-8-3-4-10(14)7-11(8)15-12(16)6-9/h3-4,7,9H,2,5-6H2,1H3,(H,15,16)/t9-/m0/s1. The van der Waals surface area contributed by atoms with Crippen molar-refractivity contribution in [3.8, 4) is 0 Å². The van der Waals surface area contributed by atoms with Gasteiger partial charge < -0.3 is 10.1 Å². The zero-order valence-corrected chi connectivity index (χ0v) is 11.6. The Bertz CT molecular complexity index is 487. The van der Waals surface area contributed by atoms with Gasteiger partial charge in [0.2, 0.25) is 5.91 Å². The van der Waals surface area contributed by atoms with Crippen molar-refractivity contribution in [2.45, 2.75) is 19.8 Å². The van der Waals surface area contributed by atoms with Gasteiger partial charge in [-0.25, -0.2) is 0 Å². The number of benzene rings is 1. The van der Waals surface area contributed by atoms with Gasteiger partial charge in [0.1, 0.15) is 0 Å². The number of nitrogens with one attached hydrogen (secondary N) is 1. The van der Waals surface area contributed by atoms with Crippen molar-refractivity contribution in [1.82, 2.24) is 0 Å². The summed E-state index contributed by atoms with van der Waals surface area (Å²) in [5.74, 6) is -0.847. The molecule has 4 nitrogen and oxygen atoms in total. The minimum absolute atomic E-state index is 0.148. The predicted octanol–water partition coefficient (Wildman–Crippen LogP) is 2.51. The van der Waals surface area contributed by atoms with Gasteiger partial charge in [-0.15, -0.1) is 0 Å². The van der Waals surface area contributed by atoms with Crippen LogP contribution in [0.2, 0.25) is 0 Å². The van der Waals surface area contributed by atoms with Gasteiger partial charge in [-0.1, -0.05) is 22.0 Å². The smallest absolute Gasteiger partial charge is 0.309 e.